The van der Waals surface area contributed by atoms with Crippen molar-refractivity contribution in [2.45, 2.75) is 11.8 Å². The van der Waals surface area contributed by atoms with E-state index < -0.39 is 0 Å². The van der Waals surface area contributed by atoms with Crippen molar-refractivity contribution in [1.82, 2.24) is 9.80 Å². The molecule has 0 aliphatic carbocycles. The maximum Gasteiger partial charge on any atom is 0.167 e. The molecule has 0 radical (unpaired) electrons. The molecule has 2 aliphatic heterocycles. The SMILES string of the molecule is CC1(c2ccccc2OCCN2CCN(c3ccccc3F)CC2)SCCN1C(N)=S. The van der Waals surface area contributed by atoms with Crippen LogP contribution in [-0.4, -0.2) is 66.5 Å². The van der Waals surface area contributed by atoms with E-state index in [0.717, 1.165) is 56.3 Å². The molecule has 5 nitrogen and oxygen atoms in total. The first-order valence-corrected chi connectivity index (χ1v) is 12.0. The quantitative estimate of drug-likeness (QED) is 0.662. The summed E-state index contributed by atoms with van der Waals surface area (Å²) in [6, 6.07) is 15.1. The van der Waals surface area contributed by atoms with Crippen molar-refractivity contribution in [2.24, 2.45) is 5.73 Å². The first-order chi connectivity index (χ1) is 15.0. The molecule has 0 amide bonds. The summed E-state index contributed by atoms with van der Waals surface area (Å²) in [6.07, 6.45) is 0. The van der Waals surface area contributed by atoms with Gasteiger partial charge in [0.2, 0.25) is 0 Å². The molecule has 2 aromatic rings. The van der Waals surface area contributed by atoms with Crippen LogP contribution in [0.1, 0.15) is 12.5 Å². The molecule has 0 aromatic heterocycles. The number of thioether (sulfide) groups is 1. The number of thiocarbonyl (C=S) groups is 1. The molecule has 2 N–H and O–H groups in total. The number of benzene rings is 2. The third kappa shape index (κ3) is 4.76. The predicted molar refractivity (Wildman–Crippen MR) is 130 cm³/mol. The van der Waals surface area contributed by atoms with Crippen LogP contribution in [0.15, 0.2) is 48.5 Å². The number of halogens is 1. The van der Waals surface area contributed by atoms with Crippen molar-refractivity contribution in [1.29, 1.82) is 0 Å². The zero-order valence-electron chi connectivity index (χ0n) is 17.8. The van der Waals surface area contributed by atoms with Crippen LogP contribution < -0.4 is 15.4 Å². The van der Waals surface area contributed by atoms with E-state index in [0.29, 0.717) is 17.4 Å². The fourth-order valence-electron chi connectivity index (χ4n) is 4.35. The molecule has 1 atom stereocenters. The number of piperazine rings is 1. The molecule has 166 valence electrons. The predicted octanol–water partition coefficient (Wildman–Crippen LogP) is 3.49. The third-order valence-corrected chi connectivity index (χ3v) is 7.71. The van der Waals surface area contributed by atoms with Gasteiger partial charge in [0.1, 0.15) is 23.0 Å². The molecule has 2 aliphatic rings. The number of hydrogen-bond donors (Lipinski definition) is 1. The van der Waals surface area contributed by atoms with E-state index in [9.17, 15) is 4.39 Å². The Balaban J connectivity index is 1.33. The molecule has 2 fully saturated rings. The van der Waals surface area contributed by atoms with Gasteiger partial charge in [-0.25, -0.2) is 4.39 Å². The standard InChI is InChI=1S/C23H29FN4OS2/c1-23(28(22(25)30)15-17-31-23)18-6-2-5-9-21(18)29-16-14-26-10-12-27(13-11-26)20-8-4-3-7-19(20)24/h2-9H,10-17H2,1H3,(H2,25,30). The van der Waals surface area contributed by atoms with Crippen LogP contribution in [0.4, 0.5) is 10.1 Å². The molecule has 2 aromatic carbocycles. The normalized spacial score (nSPS) is 22.0. The first kappa shape index (κ1) is 22.2. The summed E-state index contributed by atoms with van der Waals surface area (Å²) >= 11 is 7.13. The Bertz CT molecular complexity index is 922. The molecule has 4 rings (SSSR count). The second kappa shape index (κ2) is 9.63. The van der Waals surface area contributed by atoms with Crippen LogP contribution >= 0.6 is 24.0 Å². The summed E-state index contributed by atoms with van der Waals surface area (Å²) in [5.41, 5.74) is 7.79. The average molecular weight is 461 g/mol. The van der Waals surface area contributed by atoms with E-state index in [1.807, 2.05) is 42.1 Å². The Morgan fingerprint density at radius 3 is 2.55 bits per heavy atom. The fourth-order valence-corrected chi connectivity index (χ4v) is 6.02. The Kier molecular flexibility index (Phi) is 6.89. The van der Waals surface area contributed by atoms with Crippen molar-refractivity contribution >= 4 is 34.8 Å². The maximum atomic E-state index is 14.0. The molecule has 0 spiro atoms. The number of rotatable bonds is 6. The minimum absolute atomic E-state index is 0.153. The molecule has 2 saturated heterocycles. The van der Waals surface area contributed by atoms with Crippen molar-refractivity contribution < 1.29 is 9.13 Å². The molecule has 8 heteroatoms. The van der Waals surface area contributed by atoms with Gasteiger partial charge in [-0.2, -0.15) is 0 Å². The van der Waals surface area contributed by atoms with Crippen LogP contribution in [-0.2, 0) is 4.87 Å². The van der Waals surface area contributed by atoms with Crippen molar-refractivity contribution in [2.75, 3.05) is 56.5 Å². The summed E-state index contributed by atoms with van der Waals surface area (Å²) in [5, 5.41) is 0.426. The fraction of sp³-hybridized carbons (Fsp3) is 0.435. The van der Waals surface area contributed by atoms with Crippen LogP contribution in [0.3, 0.4) is 0 Å². The van der Waals surface area contributed by atoms with Gasteiger partial charge in [0.25, 0.3) is 0 Å². The van der Waals surface area contributed by atoms with E-state index >= 15 is 0 Å². The molecule has 2 heterocycles. The molecule has 0 bridgehead atoms. The topological polar surface area (TPSA) is 45.0 Å². The molecule has 31 heavy (non-hydrogen) atoms. The van der Waals surface area contributed by atoms with Crippen molar-refractivity contribution in [3.8, 4) is 5.75 Å². The molecular weight excluding hydrogens is 431 g/mol. The Morgan fingerprint density at radius 1 is 1.10 bits per heavy atom. The second-order valence-corrected chi connectivity index (χ2v) is 9.86. The van der Waals surface area contributed by atoms with Crippen LogP contribution in [0.2, 0.25) is 0 Å². The third-order valence-electron chi connectivity index (χ3n) is 6.10. The summed E-state index contributed by atoms with van der Waals surface area (Å²) < 4.78 is 20.3. The number of nitrogens with two attached hydrogens (primary N) is 1. The Labute approximate surface area is 193 Å². The van der Waals surface area contributed by atoms with Gasteiger partial charge in [-0.1, -0.05) is 30.3 Å². The molecular formula is C23H29FN4OS2. The van der Waals surface area contributed by atoms with Crippen LogP contribution in [0.5, 0.6) is 5.75 Å². The lowest BCUT2D eigenvalue weighted by molar-refractivity contribution is 0.197. The zero-order chi connectivity index (χ0) is 21.8. The summed E-state index contributed by atoms with van der Waals surface area (Å²) in [6.45, 7) is 7.85. The highest BCUT2D eigenvalue weighted by Gasteiger charge is 2.41. The lowest BCUT2D eigenvalue weighted by Gasteiger charge is -2.37. The van der Waals surface area contributed by atoms with Crippen LogP contribution in [0, 0.1) is 5.82 Å². The van der Waals surface area contributed by atoms with E-state index in [-0.39, 0.29) is 10.7 Å². The monoisotopic (exact) mass is 460 g/mol. The highest BCUT2D eigenvalue weighted by Crippen LogP contribution is 2.47. The Hall–Kier alpha value is -2.03. The van der Waals surface area contributed by atoms with Gasteiger partial charge in [-0.05, 0) is 37.3 Å². The zero-order valence-corrected chi connectivity index (χ0v) is 19.4. The van der Waals surface area contributed by atoms with E-state index in [4.69, 9.17) is 22.7 Å². The number of para-hydroxylation sites is 2. The first-order valence-electron chi connectivity index (χ1n) is 10.6. The second-order valence-electron chi connectivity index (χ2n) is 7.95. The number of ether oxygens (including phenoxy) is 1. The van der Waals surface area contributed by atoms with Gasteiger partial charge < -0.3 is 20.3 Å². The van der Waals surface area contributed by atoms with Gasteiger partial charge in [-0.3, -0.25) is 4.90 Å². The maximum absolute atomic E-state index is 14.0. The van der Waals surface area contributed by atoms with Gasteiger partial charge in [0, 0.05) is 50.6 Å². The van der Waals surface area contributed by atoms with Crippen molar-refractivity contribution in [3.63, 3.8) is 0 Å². The molecule has 1 unspecified atom stereocenters. The molecule has 0 saturated carbocycles. The minimum atomic E-state index is -0.312. The van der Waals surface area contributed by atoms with E-state index in [1.54, 1.807) is 6.07 Å². The average Bonchev–Trinajstić information content (AvgIpc) is 3.18. The highest BCUT2D eigenvalue weighted by molar-refractivity contribution is 8.00. The largest absolute Gasteiger partial charge is 0.492 e. The highest BCUT2D eigenvalue weighted by atomic mass is 32.2. The number of nitrogens with zero attached hydrogens (tertiary/aromatic N) is 3. The smallest absolute Gasteiger partial charge is 0.167 e. The van der Waals surface area contributed by atoms with Gasteiger partial charge in [0.05, 0.1) is 5.69 Å². The summed E-state index contributed by atoms with van der Waals surface area (Å²) in [5.74, 6) is 1.71. The van der Waals surface area contributed by atoms with Gasteiger partial charge >= 0.3 is 0 Å². The van der Waals surface area contributed by atoms with Gasteiger partial charge in [-0.15, -0.1) is 11.8 Å². The Morgan fingerprint density at radius 2 is 1.81 bits per heavy atom. The summed E-state index contributed by atoms with van der Waals surface area (Å²) in [7, 11) is 0. The van der Waals surface area contributed by atoms with E-state index in [2.05, 4.69) is 27.7 Å². The number of hydrogen-bond acceptors (Lipinski definition) is 5. The van der Waals surface area contributed by atoms with E-state index in [1.165, 1.54) is 6.07 Å². The summed E-state index contributed by atoms with van der Waals surface area (Å²) in [4.78, 5) is 6.25. The minimum Gasteiger partial charge on any atom is -0.492 e. The number of anilines is 1. The lowest BCUT2D eigenvalue weighted by Crippen LogP contribution is -2.47. The van der Waals surface area contributed by atoms with Gasteiger partial charge in [0.15, 0.2) is 5.11 Å². The lowest BCUT2D eigenvalue weighted by atomic mass is 10.1. The van der Waals surface area contributed by atoms with Crippen LogP contribution in [0.25, 0.3) is 0 Å². The van der Waals surface area contributed by atoms with Crippen molar-refractivity contribution in [3.05, 3.63) is 59.9 Å².